The lowest BCUT2D eigenvalue weighted by Crippen LogP contribution is -2.56. The maximum absolute atomic E-state index is 12.9. The molecule has 0 aliphatic carbocycles. The van der Waals surface area contributed by atoms with Crippen molar-refractivity contribution in [2.75, 3.05) is 26.5 Å². The fourth-order valence-electron chi connectivity index (χ4n) is 4.01. The minimum atomic E-state index is -0.0787. The highest BCUT2D eigenvalue weighted by molar-refractivity contribution is 5.95. The number of para-hydroxylation sites is 1. The summed E-state index contributed by atoms with van der Waals surface area (Å²) in [4.78, 5) is 14.8. The summed E-state index contributed by atoms with van der Waals surface area (Å²) < 4.78 is 16.8. The van der Waals surface area contributed by atoms with Gasteiger partial charge in [0.25, 0.3) is 5.91 Å². The Kier molecular flexibility index (Phi) is 3.93. The van der Waals surface area contributed by atoms with Gasteiger partial charge in [-0.05, 0) is 37.1 Å². The van der Waals surface area contributed by atoms with Crippen LogP contribution in [0.3, 0.4) is 0 Å². The van der Waals surface area contributed by atoms with E-state index in [2.05, 4.69) is 11.4 Å². The summed E-state index contributed by atoms with van der Waals surface area (Å²) >= 11 is 0. The van der Waals surface area contributed by atoms with Crippen LogP contribution < -0.4 is 19.5 Å². The standard InChI is InChI=1S/C21H22N2O4/c24-20(15-5-6-18-19(11-15)27-14-26-18)23-9-7-21(8-10-23)13-25-17-4-2-1-3-16(17)12-22-21/h1-6,11,22H,7-10,12-14H2. The van der Waals surface area contributed by atoms with Crippen LogP contribution in [0.1, 0.15) is 28.8 Å². The molecule has 27 heavy (non-hydrogen) atoms. The lowest BCUT2D eigenvalue weighted by molar-refractivity contribution is 0.0574. The van der Waals surface area contributed by atoms with Gasteiger partial charge in [0.15, 0.2) is 11.5 Å². The van der Waals surface area contributed by atoms with Crippen molar-refractivity contribution >= 4 is 5.91 Å². The zero-order valence-electron chi connectivity index (χ0n) is 15.1. The summed E-state index contributed by atoms with van der Waals surface area (Å²) in [5.41, 5.74) is 1.76. The van der Waals surface area contributed by atoms with Crippen LogP contribution in [0.25, 0.3) is 0 Å². The van der Waals surface area contributed by atoms with E-state index in [1.165, 1.54) is 5.56 Å². The number of rotatable bonds is 1. The van der Waals surface area contributed by atoms with E-state index < -0.39 is 0 Å². The molecule has 0 unspecified atom stereocenters. The number of carbonyl (C=O) groups excluding carboxylic acids is 1. The number of hydrogen-bond donors (Lipinski definition) is 1. The Bertz CT molecular complexity index is 845. The van der Waals surface area contributed by atoms with Gasteiger partial charge in [-0.25, -0.2) is 0 Å². The van der Waals surface area contributed by atoms with Gasteiger partial charge >= 0.3 is 0 Å². The normalized spacial score (nSPS) is 19.9. The van der Waals surface area contributed by atoms with Gasteiger partial charge in [0.2, 0.25) is 6.79 Å². The largest absolute Gasteiger partial charge is 0.491 e. The summed E-state index contributed by atoms with van der Waals surface area (Å²) in [7, 11) is 0. The zero-order valence-corrected chi connectivity index (χ0v) is 15.1. The highest BCUT2D eigenvalue weighted by atomic mass is 16.7. The molecule has 2 aromatic rings. The van der Waals surface area contributed by atoms with Crippen molar-refractivity contribution in [2.24, 2.45) is 0 Å². The van der Waals surface area contributed by atoms with Crippen LogP contribution in [0.5, 0.6) is 17.2 Å². The second-order valence-electron chi connectivity index (χ2n) is 7.39. The van der Waals surface area contributed by atoms with Crippen LogP contribution in [0.15, 0.2) is 42.5 Å². The molecule has 1 spiro atoms. The van der Waals surface area contributed by atoms with Crippen molar-refractivity contribution in [2.45, 2.75) is 24.9 Å². The van der Waals surface area contributed by atoms with E-state index in [1.807, 2.05) is 29.2 Å². The zero-order chi connectivity index (χ0) is 18.3. The van der Waals surface area contributed by atoms with Crippen LogP contribution in [-0.4, -0.2) is 42.8 Å². The van der Waals surface area contributed by atoms with Crippen molar-refractivity contribution in [3.63, 3.8) is 0 Å². The molecule has 140 valence electrons. The molecule has 1 amide bonds. The second kappa shape index (κ2) is 6.46. The van der Waals surface area contributed by atoms with Gasteiger partial charge in [0.05, 0.1) is 5.54 Å². The van der Waals surface area contributed by atoms with Gasteiger partial charge in [-0.15, -0.1) is 0 Å². The van der Waals surface area contributed by atoms with Gasteiger partial charge in [-0.2, -0.15) is 0 Å². The van der Waals surface area contributed by atoms with Crippen molar-refractivity contribution in [1.29, 1.82) is 0 Å². The molecule has 3 aliphatic heterocycles. The number of fused-ring (bicyclic) bond motifs is 2. The number of nitrogens with zero attached hydrogens (tertiary/aromatic N) is 1. The first-order chi connectivity index (χ1) is 13.2. The lowest BCUT2D eigenvalue weighted by atomic mass is 9.88. The fourth-order valence-corrected chi connectivity index (χ4v) is 4.01. The SMILES string of the molecule is O=C(c1ccc2c(c1)OCO2)N1CCC2(CC1)COc1ccccc1CN2. The monoisotopic (exact) mass is 366 g/mol. The lowest BCUT2D eigenvalue weighted by Gasteiger charge is -2.41. The Morgan fingerprint density at radius 2 is 1.78 bits per heavy atom. The summed E-state index contributed by atoms with van der Waals surface area (Å²) in [5.74, 6) is 2.34. The average molecular weight is 366 g/mol. The molecule has 5 rings (SSSR count). The molecule has 1 fully saturated rings. The summed E-state index contributed by atoms with van der Waals surface area (Å²) in [6.45, 7) is 3.07. The molecule has 0 radical (unpaired) electrons. The highest BCUT2D eigenvalue weighted by Crippen LogP contribution is 2.34. The Labute approximate surface area is 158 Å². The molecular formula is C21H22N2O4. The van der Waals surface area contributed by atoms with Crippen LogP contribution in [-0.2, 0) is 6.54 Å². The highest BCUT2D eigenvalue weighted by Gasteiger charge is 2.38. The van der Waals surface area contributed by atoms with E-state index in [4.69, 9.17) is 14.2 Å². The van der Waals surface area contributed by atoms with E-state index in [-0.39, 0.29) is 18.2 Å². The molecule has 2 aromatic carbocycles. The first-order valence-electron chi connectivity index (χ1n) is 9.37. The second-order valence-corrected chi connectivity index (χ2v) is 7.39. The number of benzene rings is 2. The topological polar surface area (TPSA) is 60.0 Å². The molecule has 1 saturated heterocycles. The fraction of sp³-hybridized carbons (Fsp3) is 0.381. The van der Waals surface area contributed by atoms with Crippen molar-refractivity contribution < 1.29 is 19.0 Å². The average Bonchev–Trinajstić information content (AvgIpc) is 3.12. The third kappa shape index (κ3) is 3.00. The first-order valence-corrected chi connectivity index (χ1v) is 9.37. The van der Waals surface area contributed by atoms with Crippen LogP contribution >= 0.6 is 0 Å². The van der Waals surface area contributed by atoms with Gasteiger partial charge in [-0.1, -0.05) is 18.2 Å². The molecule has 6 nitrogen and oxygen atoms in total. The maximum atomic E-state index is 12.9. The number of likely N-dealkylation sites (tertiary alicyclic amines) is 1. The maximum Gasteiger partial charge on any atom is 0.253 e. The molecule has 3 aliphatic rings. The summed E-state index contributed by atoms with van der Waals surface area (Å²) in [6.07, 6.45) is 1.74. The molecular weight excluding hydrogens is 344 g/mol. The van der Waals surface area contributed by atoms with Crippen LogP contribution in [0.2, 0.25) is 0 Å². The van der Waals surface area contributed by atoms with Crippen molar-refractivity contribution in [3.05, 3.63) is 53.6 Å². The number of piperidine rings is 1. The van der Waals surface area contributed by atoms with Gasteiger partial charge < -0.3 is 24.4 Å². The third-order valence-corrected chi connectivity index (χ3v) is 5.76. The summed E-state index contributed by atoms with van der Waals surface area (Å²) in [5, 5.41) is 3.69. The number of ether oxygens (including phenoxy) is 3. The smallest absolute Gasteiger partial charge is 0.253 e. The Morgan fingerprint density at radius 1 is 0.963 bits per heavy atom. The van der Waals surface area contributed by atoms with Gasteiger partial charge in [0, 0.05) is 30.8 Å². The Hall–Kier alpha value is -2.73. The Balaban J connectivity index is 1.26. The predicted molar refractivity (Wildman–Crippen MR) is 99.2 cm³/mol. The Morgan fingerprint density at radius 3 is 2.67 bits per heavy atom. The quantitative estimate of drug-likeness (QED) is 0.841. The van der Waals surface area contributed by atoms with E-state index >= 15 is 0 Å². The predicted octanol–water partition coefficient (Wildman–Crippen LogP) is 2.57. The number of hydrogen-bond acceptors (Lipinski definition) is 5. The molecule has 0 saturated carbocycles. The van der Waals surface area contributed by atoms with Gasteiger partial charge in [0.1, 0.15) is 12.4 Å². The van der Waals surface area contributed by atoms with E-state index in [1.54, 1.807) is 12.1 Å². The molecule has 6 heteroatoms. The number of nitrogens with one attached hydrogen (secondary N) is 1. The first kappa shape index (κ1) is 16.4. The summed E-state index contributed by atoms with van der Waals surface area (Å²) in [6, 6.07) is 13.5. The van der Waals surface area contributed by atoms with E-state index in [9.17, 15) is 4.79 Å². The molecule has 1 N–H and O–H groups in total. The van der Waals surface area contributed by atoms with Gasteiger partial charge in [-0.3, -0.25) is 4.79 Å². The molecule has 3 heterocycles. The minimum Gasteiger partial charge on any atom is -0.491 e. The van der Waals surface area contributed by atoms with E-state index in [0.717, 1.165) is 25.1 Å². The number of carbonyl (C=O) groups is 1. The van der Waals surface area contributed by atoms with Crippen molar-refractivity contribution in [1.82, 2.24) is 10.2 Å². The van der Waals surface area contributed by atoms with Crippen molar-refractivity contribution in [3.8, 4) is 17.2 Å². The third-order valence-electron chi connectivity index (χ3n) is 5.76. The molecule has 0 atom stereocenters. The molecule has 0 aromatic heterocycles. The molecule has 0 bridgehead atoms. The van der Waals surface area contributed by atoms with Crippen LogP contribution in [0, 0.1) is 0 Å². The van der Waals surface area contributed by atoms with E-state index in [0.29, 0.717) is 36.8 Å². The minimum absolute atomic E-state index is 0.0426. The van der Waals surface area contributed by atoms with Crippen LogP contribution in [0.4, 0.5) is 0 Å². The number of amides is 1.